The van der Waals surface area contributed by atoms with Gasteiger partial charge < -0.3 is 25.6 Å². The van der Waals surface area contributed by atoms with Crippen LogP contribution in [0.5, 0.6) is 11.5 Å². The second kappa shape index (κ2) is 10.8. The normalized spacial score (nSPS) is 13.3. The third-order valence-corrected chi connectivity index (χ3v) is 3.54. The summed E-state index contributed by atoms with van der Waals surface area (Å²) < 4.78 is 42.3. The average Bonchev–Trinajstić information content (AvgIpc) is 2.57. The lowest BCUT2D eigenvalue weighted by atomic mass is 9.94. The smallest absolute Gasteiger partial charge is 0.490 e. The second-order valence-electron chi connectivity index (χ2n) is 5.24. The Morgan fingerprint density at radius 3 is 2.16 bits per heavy atom. The number of aliphatic carboxylic acids is 1. The fourth-order valence-electron chi connectivity index (χ4n) is 1.91. The summed E-state index contributed by atoms with van der Waals surface area (Å²) in [7, 11) is 3.30. The number of methoxy groups -OCH3 is 2. The fraction of sp³-hybridized carbons (Fsp3) is 0.562. The first-order valence-electron chi connectivity index (χ1n) is 7.53. The minimum Gasteiger partial charge on any atom is -0.493 e. The van der Waals surface area contributed by atoms with E-state index in [1.54, 1.807) is 14.2 Å². The number of carboxylic acid groups (broad SMARTS) is 1. The van der Waals surface area contributed by atoms with Gasteiger partial charge in [-0.2, -0.15) is 13.2 Å². The van der Waals surface area contributed by atoms with Gasteiger partial charge in [0, 0.05) is 19.1 Å². The number of nitrogens with one attached hydrogen (secondary N) is 1. The van der Waals surface area contributed by atoms with Crippen LogP contribution < -0.4 is 20.5 Å². The van der Waals surface area contributed by atoms with E-state index in [1.165, 1.54) is 5.56 Å². The number of benzene rings is 1. The van der Waals surface area contributed by atoms with Crippen LogP contribution in [0.3, 0.4) is 0 Å². The maximum Gasteiger partial charge on any atom is 0.490 e. The summed E-state index contributed by atoms with van der Waals surface area (Å²) in [6, 6.07) is 6.42. The van der Waals surface area contributed by atoms with E-state index in [1.807, 2.05) is 12.1 Å². The van der Waals surface area contributed by atoms with Gasteiger partial charge in [0.15, 0.2) is 11.5 Å². The minimum absolute atomic E-state index is 0.367. The molecule has 2 atom stereocenters. The highest BCUT2D eigenvalue weighted by molar-refractivity contribution is 5.73. The zero-order valence-corrected chi connectivity index (χ0v) is 14.7. The van der Waals surface area contributed by atoms with Gasteiger partial charge in [-0.25, -0.2) is 4.79 Å². The topological polar surface area (TPSA) is 93.8 Å². The lowest BCUT2D eigenvalue weighted by Crippen LogP contribution is -2.34. The first kappa shape index (κ1) is 23.0. The van der Waals surface area contributed by atoms with Crippen molar-refractivity contribution in [2.75, 3.05) is 27.3 Å². The van der Waals surface area contributed by atoms with Gasteiger partial charge in [0.1, 0.15) is 0 Å². The van der Waals surface area contributed by atoms with Crippen molar-refractivity contribution < 1.29 is 32.5 Å². The molecule has 0 saturated heterocycles. The molecule has 6 nitrogen and oxygen atoms in total. The monoisotopic (exact) mass is 366 g/mol. The van der Waals surface area contributed by atoms with Crippen molar-refractivity contribution >= 4 is 5.97 Å². The van der Waals surface area contributed by atoms with Crippen molar-refractivity contribution in [1.82, 2.24) is 5.32 Å². The first-order valence-corrected chi connectivity index (χ1v) is 7.53. The van der Waals surface area contributed by atoms with Crippen LogP contribution >= 0.6 is 0 Å². The molecule has 25 heavy (non-hydrogen) atoms. The zero-order valence-electron chi connectivity index (χ0n) is 14.7. The Balaban J connectivity index is 0.000000697. The van der Waals surface area contributed by atoms with Crippen molar-refractivity contribution in [3.8, 4) is 11.5 Å². The molecule has 9 heteroatoms. The third kappa shape index (κ3) is 8.08. The van der Waals surface area contributed by atoms with E-state index in [9.17, 15) is 13.2 Å². The molecule has 0 radical (unpaired) electrons. The van der Waals surface area contributed by atoms with Gasteiger partial charge >= 0.3 is 12.1 Å². The van der Waals surface area contributed by atoms with E-state index in [4.69, 9.17) is 25.1 Å². The summed E-state index contributed by atoms with van der Waals surface area (Å²) in [5.74, 6) is -0.840. The molecule has 1 aromatic rings. The Morgan fingerprint density at radius 2 is 1.76 bits per heavy atom. The fourth-order valence-corrected chi connectivity index (χ4v) is 1.91. The van der Waals surface area contributed by atoms with Gasteiger partial charge in [0.25, 0.3) is 0 Å². The van der Waals surface area contributed by atoms with Crippen LogP contribution in [0, 0.1) is 0 Å². The summed E-state index contributed by atoms with van der Waals surface area (Å²) in [6.07, 6.45) is -5.08. The maximum absolute atomic E-state index is 10.6. The quantitative estimate of drug-likeness (QED) is 0.686. The van der Waals surface area contributed by atoms with Crippen LogP contribution in [-0.4, -0.2) is 50.6 Å². The average molecular weight is 366 g/mol. The molecule has 0 aromatic heterocycles. The molecule has 0 aliphatic carbocycles. The van der Waals surface area contributed by atoms with E-state index >= 15 is 0 Å². The van der Waals surface area contributed by atoms with Crippen molar-refractivity contribution in [3.05, 3.63) is 23.8 Å². The van der Waals surface area contributed by atoms with Crippen molar-refractivity contribution in [2.45, 2.75) is 32.0 Å². The van der Waals surface area contributed by atoms with Crippen molar-refractivity contribution in [3.63, 3.8) is 0 Å². The summed E-state index contributed by atoms with van der Waals surface area (Å²) >= 11 is 0. The summed E-state index contributed by atoms with van der Waals surface area (Å²) in [4.78, 5) is 8.90. The Kier molecular flexibility index (Phi) is 9.92. The van der Waals surface area contributed by atoms with E-state index in [-0.39, 0.29) is 0 Å². The van der Waals surface area contributed by atoms with Crippen LogP contribution in [0.1, 0.15) is 25.3 Å². The van der Waals surface area contributed by atoms with E-state index in [2.05, 4.69) is 25.2 Å². The Morgan fingerprint density at radius 1 is 1.24 bits per heavy atom. The SMILES string of the molecule is COc1ccc(C(C)C(C)NCCN)cc1OC.O=C(O)C(F)(F)F. The van der Waals surface area contributed by atoms with Gasteiger partial charge in [-0.1, -0.05) is 13.0 Å². The number of hydrogen-bond donors (Lipinski definition) is 3. The van der Waals surface area contributed by atoms with Gasteiger partial charge in [-0.05, 0) is 30.5 Å². The third-order valence-electron chi connectivity index (χ3n) is 3.54. The number of nitrogens with two attached hydrogens (primary N) is 1. The summed E-state index contributed by atoms with van der Waals surface area (Å²) in [5, 5.41) is 10.5. The Hall–Kier alpha value is -2.00. The molecule has 0 heterocycles. The molecule has 1 rings (SSSR count). The zero-order chi connectivity index (χ0) is 19.6. The number of carboxylic acids is 1. The predicted octanol–water partition coefficient (Wildman–Crippen LogP) is 2.38. The largest absolute Gasteiger partial charge is 0.493 e. The van der Waals surface area contributed by atoms with Crippen LogP contribution in [0.25, 0.3) is 0 Å². The van der Waals surface area contributed by atoms with Crippen molar-refractivity contribution in [1.29, 1.82) is 0 Å². The molecule has 0 bridgehead atoms. The minimum atomic E-state index is -5.08. The summed E-state index contributed by atoms with van der Waals surface area (Å²) in [6.45, 7) is 5.84. The Bertz CT molecular complexity index is 539. The molecule has 0 amide bonds. The van der Waals surface area contributed by atoms with Gasteiger partial charge in [0.2, 0.25) is 0 Å². The molecule has 4 N–H and O–H groups in total. The molecule has 0 fully saturated rings. The van der Waals surface area contributed by atoms with E-state index in [0.717, 1.165) is 18.0 Å². The van der Waals surface area contributed by atoms with Gasteiger partial charge in [0.05, 0.1) is 14.2 Å². The molecule has 1 aromatic carbocycles. The highest BCUT2D eigenvalue weighted by Crippen LogP contribution is 2.31. The van der Waals surface area contributed by atoms with Crippen LogP contribution in [0.2, 0.25) is 0 Å². The van der Waals surface area contributed by atoms with Crippen LogP contribution in [0.15, 0.2) is 18.2 Å². The lowest BCUT2D eigenvalue weighted by molar-refractivity contribution is -0.192. The lowest BCUT2D eigenvalue weighted by Gasteiger charge is -2.22. The number of carbonyl (C=O) groups is 1. The van der Waals surface area contributed by atoms with E-state index in [0.29, 0.717) is 18.5 Å². The molecule has 0 saturated carbocycles. The number of hydrogen-bond acceptors (Lipinski definition) is 5. The number of alkyl halides is 3. The molecular weight excluding hydrogens is 341 g/mol. The number of rotatable bonds is 7. The highest BCUT2D eigenvalue weighted by atomic mass is 19.4. The highest BCUT2D eigenvalue weighted by Gasteiger charge is 2.38. The Labute approximate surface area is 145 Å². The van der Waals surface area contributed by atoms with Gasteiger partial charge in [-0.15, -0.1) is 0 Å². The van der Waals surface area contributed by atoms with Crippen LogP contribution in [0.4, 0.5) is 13.2 Å². The second-order valence-corrected chi connectivity index (χ2v) is 5.24. The first-order chi connectivity index (χ1) is 11.6. The predicted molar refractivity (Wildman–Crippen MR) is 88.2 cm³/mol. The number of halogens is 3. The maximum atomic E-state index is 10.6. The molecule has 0 aliphatic rings. The molecule has 144 valence electrons. The van der Waals surface area contributed by atoms with Gasteiger partial charge in [-0.3, -0.25) is 0 Å². The molecule has 0 spiro atoms. The molecule has 0 aliphatic heterocycles. The van der Waals surface area contributed by atoms with E-state index < -0.39 is 12.1 Å². The molecule has 2 unspecified atom stereocenters. The standard InChI is InChI=1S/C14H24N2O2.C2HF3O2/c1-10(11(2)16-8-7-15)12-5-6-13(17-3)14(9-12)18-4;3-2(4,5)1(6)7/h5-6,9-11,16H,7-8,15H2,1-4H3;(H,6,7). The van der Waals surface area contributed by atoms with Crippen LogP contribution in [-0.2, 0) is 4.79 Å². The summed E-state index contributed by atoms with van der Waals surface area (Å²) in [5.41, 5.74) is 6.73. The molecular formula is C16H25F3N2O4. The number of ether oxygens (including phenoxy) is 2. The van der Waals surface area contributed by atoms with Crippen molar-refractivity contribution in [2.24, 2.45) is 5.73 Å².